The number of amidine groups is 1. The van der Waals surface area contributed by atoms with Crippen molar-refractivity contribution < 1.29 is 14.3 Å². The number of rotatable bonds is 8. The summed E-state index contributed by atoms with van der Waals surface area (Å²) in [5.74, 6) is 1.55. The molecule has 0 bridgehead atoms. The lowest BCUT2D eigenvalue weighted by Crippen LogP contribution is -2.64. The summed E-state index contributed by atoms with van der Waals surface area (Å²) in [4.78, 5) is 38.1. The van der Waals surface area contributed by atoms with E-state index in [-0.39, 0.29) is 11.9 Å². The molecule has 9 nitrogen and oxygen atoms in total. The van der Waals surface area contributed by atoms with Crippen molar-refractivity contribution in [1.29, 1.82) is 0 Å². The second kappa shape index (κ2) is 9.77. The summed E-state index contributed by atoms with van der Waals surface area (Å²) in [6.45, 7) is 7.36. The van der Waals surface area contributed by atoms with Gasteiger partial charge in [-0.25, -0.2) is 9.79 Å². The first-order valence-corrected chi connectivity index (χ1v) is 11.5. The number of methoxy groups -OCH3 is 1. The number of fused-ring (bicyclic) bond motifs is 1. The molecule has 0 radical (unpaired) electrons. The number of likely N-dealkylation sites (N-methyl/N-ethyl adjacent to an activating group) is 1. The lowest BCUT2D eigenvalue weighted by Gasteiger charge is -2.38. The molecule has 2 fully saturated rings. The number of hydrogen-bond acceptors (Lipinski definition) is 7. The topological polar surface area (TPSA) is 80.7 Å². The molecular weight excluding hydrogens is 408 g/mol. The number of piperazine rings is 1. The van der Waals surface area contributed by atoms with Gasteiger partial charge in [0.1, 0.15) is 11.6 Å². The van der Waals surface area contributed by atoms with E-state index in [9.17, 15) is 9.59 Å². The van der Waals surface area contributed by atoms with Crippen molar-refractivity contribution in [3.63, 3.8) is 0 Å². The van der Waals surface area contributed by atoms with Crippen LogP contribution in [0.4, 0.5) is 10.5 Å². The molecule has 1 N–H and O–H groups in total. The molecule has 0 aliphatic carbocycles. The van der Waals surface area contributed by atoms with Gasteiger partial charge in [-0.1, -0.05) is 19.8 Å². The number of ether oxygens (including phenoxy) is 1. The molecule has 0 saturated carbocycles. The van der Waals surface area contributed by atoms with E-state index in [1.807, 2.05) is 12.1 Å². The fourth-order valence-corrected chi connectivity index (χ4v) is 4.67. The zero-order valence-electron chi connectivity index (χ0n) is 19.3. The zero-order valence-corrected chi connectivity index (χ0v) is 19.3. The number of unbranched alkanes of at least 4 members (excludes halogenated alkanes) is 2. The van der Waals surface area contributed by atoms with Crippen LogP contribution in [0.1, 0.15) is 26.2 Å². The van der Waals surface area contributed by atoms with Crippen LogP contribution in [0.3, 0.4) is 0 Å². The van der Waals surface area contributed by atoms with Crippen LogP contribution in [0.2, 0.25) is 0 Å². The van der Waals surface area contributed by atoms with Crippen molar-refractivity contribution in [1.82, 2.24) is 20.0 Å². The van der Waals surface area contributed by atoms with E-state index < -0.39 is 12.2 Å². The number of amides is 3. The van der Waals surface area contributed by atoms with Crippen LogP contribution >= 0.6 is 0 Å². The molecule has 2 unspecified atom stereocenters. The Balaban J connectivity index is 1.41. The van der Waals surface area contributed by atoms with Gasteiger partial charge < -0.3 is 19.4 Å². The zero-order chi connectivity index (χ0) is 22.7. The van der Waals surface area contributed by atoms with Crippen LogP contribution in [-0.2, 0) is 4.79 Å². The van der Waals surface area contributed by atoms with Gasteiger partial charge in [0.05, 0.1) is 13.7 Å². The van der Waals surface area contributed by atoms with Gasteiger partial charge in [-0.05, 0) is 30.7 Å². The SMILES string of the molecule is CCCCCN1C(CN2CCN(c3ccc(OC)cc3)CC2)=NC2C1C(=O)NC(=O)N2C. The summed E-state index contributed by atoms with van der Waals surface area (Å²) in [5, 5.41) is 2.48. The molecule has 3 aliphatic rings. The van der Waals surface area contributed by atoms with Gasteiger partial charge in [0, 0.05) is 45.5 Å². The molecule has 1 aromatic rings. The number of benzene rings is 1. The number of hydrogen-bond donors (Lipinski definition) is 1. The lowest BCUT2D eigenvalue weighted by molar-refractivity contribution is -0.127. The molecule has 2 atom stereocenters. The van der Waals surface area contributed by atoms with Gasteiger partial charge in [0.25, 0.3) is 5.91 Å². The molecule has 2 saturated heterocycles. The highest BCUT2D eigenvalue weighted by Crippen LogP contribution is 2.26. The smallest absolute Gasteiger partial charge is 0.325 e. The monoisotopic (exact) mass is 442 g/mol. The Kier molecular flexibility index (Phi) is 6.83. The van der Waals surface area contributed by atoms with Crippen LogP contribution in [-0.4, -0.2) is 98.1 Å². The minimum absolute atomic E-state index is 0.238. The van der Waals surface area contributed by atoms with Gasteiger partial charge in [0.2, 0.25) is 0 Å². The maximum absolute atomic E-state index is 12.7. The number of nitrogens with one attached hydrogen (secondary N) is 1. The molecule has 1 aromatic carbocycles. The summed E-state index contributed by atoms with van der Waals surface area (Å²) in [5.41, 5.74) is 1.20. The maximum atomic E-state index is 12.7. The third kappa shape index (κ3) is 4.53. The van der Waals surface area contributed by atoms with Crippen LogP contribution in [0.25, 0.3) is 0 Å². The van der Waals surface area contributed by atoms with Crippen molar-refractivity contribution in [2.45, 2.75) is 38.4 Å². The second-order valence-corrected chi connectivity index (χ2v) is 8.67. The number of nitrogens with zero attached hydrogens (tertiary/aromatic N) is 5. The molecule has 32 heavy (non-hydrogen) atoms. The number of carbonyl (C=O) groups excluding carboxylic acids is 2. The van der Waals surface area contributed by atoms with Crippen LogP contribution < -0.4 is 15.0 Å². The first-order valence-electron chi connectivity index (χ1n) is 11.5. The van der Waals surface area contributed by atoms with E-state index in [1.165, 1.54) is 5.69 Å². The Morgan fingerprint density at radius 3 is 2.47 bits per heavy atom. The Morgan fingerprint density at radius 1 is 1.09 bits per heavy atom. The van der Waals surface area contributed by atoms with E-state index in [0.29, 0.717) is 6.54 Å². The predicted octanol–water partition coefficient (Wildman–Crippen LogP) is 1.60. The summed E-state index contributed by atoms with van der Waals surface area (Å²) >= 11 is 0. The van der Waals surface area contributed by atoms with E-state index in [4.69, 9.17) is 9.73 Å². The highest BCUT2D eigenvalue weighted by atomic mass is 16.5. The molecule has 174 valence electrons. The van der Waals surface area contributed by atoms with Gasteiger partial charge in [-0.3, -0.25) is 15.0 Å². The Bertz CT molecular complexity index is 850. The largest absolute Gasteiger partial charge is 0.497 e. The highest BCUT2D eigenvalue weighted by Gasteiger charge is 2.48. The average Bonchev–Trinajstić information content (AvgIpc) is 3.17. The van der Waals surface area contributed by atoms with Crippen LogP contribution in [0.15, 0.2) is 29.3 Å². The van der Waals surface area contributed by atoms with Crippen LogP contribution in [0, 0.1) is 0 Å². The van der Waals surface area contributed by atoms with E-state index in [2.05, 4.69) is 39.1 Å². The van der Waals surface area contributed by atoms with Crippen molar-refractivity contribution in [2.24, 2.45) is 4.99 Å². The normalized spacial score (nSPS) is 23.8. The number of imide groups is 1. The number of aliphatic imine (C=N–C) groups is 1. The first kappa shape index (κ1) is 22.4. The second-order valence-electron chi connectivity index (χ2n) is 8.67. The highest BCUT2D eigenvalue weighted by molar-refractivity contribution is 6.04. The number of anilines is 1. The molecule has 0 spiro atoms. The fourth-order valence-electron chi connectivity index (χ4n) is 4.67. The van der Waals surface area contributed by atoms with E-state index in [1.54, 1.807) is 19.1 Å². The summed E-state index contributed by atoms with van der Waals surface area (Å²) in [7, 11) is 3.39. The average molecular weight is 443 g/mol. The van der Waals surface area contributed by atoms with Crippen molar-refractivity contribution >= 4 is 23.5 Å². The van der Waals surface area contributed by atoms with Crippen LogP contribution in [0.5, 0.6) is 5.75 Å². The Hall–Kier alpha value is -2.81. The standard InChI is InChI=1S/C23H34N6O3/c1-4-5-6-11-29-19(24-21-20(29)22(30)25-23(31)26(21)2)16-27-12-14-28(15-13-27)17-7-9-18(32-3)10-8-17/h7-10,20-21H,4-6,11-16H2,1-3H3,(H,25,30,31). The van der Waals surface area contributed by atoms with E-state index in [0.717, 1.165) is 63.6 Å². The lowest BCUT2D eigenvalue weighted by atomic mass is 10.1. The van der Waals surface area contributed by atoms with Crippen molar-refractivity contribution in [2.75, 3.05) is 58.3 Å². The summed E-state index contributed by atoms with van der Waals surface area (Å²) in [6.07, 6.45) is 2.80. The van der Waals surface area contributed by atoms with Gasteiger partial charge in [-0.2, -0.15) is 0 Å². The summed E-state index contributed by atoms with van der Waals surface area (Å²) < 4.78 is 5.26. The minimum Gasteiger partial charge on any atom is -0.497 e. The molecule has 3 aliphatic heterocycles. The molecule has 0 aromatic heterocycles. The number of urea groups is 1. The van der Waals surface area contributed by atoms with Gasteiger partial charge >= 0.3 is 6.03 Å². The predicted molar refractivity (Wildman–Crippen MR) is 124 cm³/mol. The summed E-state index contributed by atoms with van der Waals surface area (Å²) in [6, 6.07) is 7.39. The molecule has 3 heterocycles. The minimum atomic E-state index is -0.437. The maximum Gasteiger partial charge on any atom is 0.325 e. The Morgan fingerprint density at radius 2 is 1.81 bits per heavy atom. The quantitative estimate of drug-likeness (QED) is 0.616. The van der Waals surface area contributed by atoms with Gasteiger partial charge in [-0.15, -0.1) is 0 Å². The molecule has 4 rings (SSSR count). The third-order valence-corrected chi connectivity index (χ3v) is 6.62. The first-order chi connectivity index (χ1) is 15.5. The van der Waals surface area contributed by atoms with E-state index >= 15 is 0 Å². The van der Waals surface area contributed by atoms with Crippen molar-refractivity contribution in [3.05, 3.63) is 24.3 Å². The molecular formula is C23H34N6O3. The fraction of sp³-hybridized carbons (Fsp3) is 0.609. The number of carbonyl (C=O) groups is 2. The van der Waals surface area contributed by atoms with Crippen molar-refractivity contribution in [3.8, 4) is 5.75 Å². The molecule has 3 amide bonds. The Labute approximate surface area is 190 Å². The van der Waals surface area contributed by atoms with Gasteiger partial charge in [0.15, 0.2) is 12.2 Å². The molecule has 9 heteroatoms. The third-order valence-electron chi connectivity index (χ3n) is 6.62.